The van der Waals surface area contributed by atoms with Gasteiger partial charge in [0, 0.05) is 12.1 Å². The molecule has 0 aromatic carbocycles. The van der Waals surface area contributed by atoms with Gasteiger partial charge in [0.05, 0.1) is 12.6 Å². The standard InChI is InChI=1S/C11H24N2O2/c1-8(2)9(14)6-12-10(15)7-13-11(3,4)5/h8-9,13-14H,6-7H2,1-5H3,(H,12,15). The Morgan fingerprint density at radius 3 is 2.27 bits per heavy atom. The summed E-state index contributed by atoms with van der Waals surface area (Å²) in [4.78, 5) is 11.3. The highest BCUT2D eigenvalue weighted by molar-refractivity contribution is 5.78. The Kier molecular flexibility index (Phi) is 5.83. The van der Waals surface area contributed by atoms with Crippen LogP contribution in [0.4, 0.5) is 0 Å². The zero-order valence-electron chi connectivity index (χ0n) is 10.4. The largest absolute Gasteiger partial charge is 0.391 e. The Morgan fingerprint density at radius 2 is 1.87 bits per heavy atom. The van der Waals surface area contributed by atoms with Crippen molar-refractivity contribution in [1.82, 2.24) is 10.6 Å². The fourth-order valence-electron chi connectivity index (χ4n) is 0.862. The van der Waals surface area contributed by atoms with Crippen molar-refractivity contribution >= 4 is 5.91 Å². The minimum absolute atomic E-state index is 0.0615. The van der Waals surface area contributed by atoms with Crippen LogP contribution in [0.5, 0.6) is 0 Å². The molecule has 0 fully saturated rings. The van der Waals surface area contributed by atoms with E-state index in [0.717, 1.165) is 0 Å². The second-order valence-electron chi connectivity index (χ2n) is 5.22. The highest BCUT2D eigenvalue weighted by Gasteiger charge is 2.13. The first kappa shape index (κ1) is 14.4. The van der Waals surface area contributed by atoms with E-state index in [0.29, 0.717) is 6.54 Å². The highest BCUT2D eigenvalue weighted by Crippen LogP contribution is 1.99. The smallest absolute Gasteiger partial charge is 0.234 e. The van der Waals surface area contributed by atoms with Crippen LogP contribution >= 0.6 is 0 Å². The number of aliphatic hydroxyl groups excluding tert-OH is 1. The molecule has 0 aliphatic rings. The van der Waals surface area contributed by atoms with E-state index in [-0.39, 0.29) is 23.9 Å². The number of aliphatic hydroxyl groups is 1. The molecule has 3 N–H and O–H groups in total. The van der Waals surface area contributed by atoms with E-state index in [1.54, 1.807) is 0 Å². The zero-order chi connectivity index (χ0) is 12.1. The Bertz CT molecular complexity index is 197. The fourth-order valence-corrected chi connectivity index (χ4v) is 0.862. The molecule has 0 aromatic heterocycles. The fraction of sp³-hybridized carbons (Fsp3) is 0.909. The van der Waals surface area contributed by atoms with Gasteiger partial charge in [-0.1, -0.05) is 13.8 Å². The molecule has 0 aliphatic heterocycles. The third kappa shape index (κ3) is 8.39. The molecular formula is C11H24N2O2. The molecular weight excluding hydrogens is 192 g/mol. The average molecular weight is 216 g/mol. The SMILES string of the molecule is CC(C)C(O)CNC(=O)CNC(C)(C)C. The van der Waals surface area contributed by atoms with Gasteiger partial charge < -0.3 is 15.7 Å². The number of rotatable bonds is 5. The van der Waals surface area contributed by atoms with Gasteiger partial charge >= 0.3 is 0 Å². The number of carbonyl (C=O) groups is 1. The molecule has 0 aliphatic carbocycles. The van der Waals surface area contributed by atoms with E-state index in [9.17, 15) is 9.90 Å². The topological polar surface area (TPSA) is 61.4 Å². The number of nitrogens with one attached hydrogen (secondary N) is 2. The average Bonchev–Trinajstić information content (AvgIpc) is 2.09. The maximum atomic E-state index is 11.3. The van der Waals surface area contributed by atoms with Crippen molar-refractivity contribution in [2.24, 2.45) is 5.92 Å². The van der Waals surface area contributed by atoms with Crippen molar-refractivity contribution in [3.05, 3.63) is 0 Å². The minimum atomic E-state index is -0.469. The predicted molar refractivity (Wildman–Crippen MR) is 61.6 cm³/mol. The number of hydrogen-bond acceptors (Lipinski definition) is 3. The lowest BCUT2D eigenvalue weighted by atomic mass is 10.1. The van der Waals surface area contributed by atoms with Crippen LogP contribution in [-0.4, -0.2) is 35.7 Å². The van der Waals surface area contributed by atoms with Crippen molar-refractivity contribution in [2.45, 2.75) is 46.3 Å². The van der Waals surface area contributed by atoms with Gasteiger partial charge in [-0.2, -0.15) is 0 Å². The summed E-state index contributed by atoms with van der Waals surface area (Å²) in [5.74, 6) is 0.0884. The molecule has 0 saturated heterocycles. The Labute approximate surface area is 92.4 Å². The first-order valence-electron chi connectivity index (χ1n) is 5.42. The van der Waals surface area contributed by atoms with Gasteiger partial charge in [-0.05, 0) is 26.7 Å². The lowest BCUT2D eigenvalue weighted by Gasteiger charge is -2.21. The van der Waals surface area contributed by atoms with Gasteiger partial charge in [0.25, 0.3) is 0 Å². The van der Waals surface area contributed by atoms with Crippen LogP contribution in [-0.2, 0) is 4.79 Å². The first-order chi connectivity index (χ1) is 6.72. The maximum absolute atomic E-state index is 11.3. The van der Waals surface area contributed by atoms with Crippen molar-refractivity contribution in [1.29, 1.82) is 0 Å². The van der Waals surface area contributed by atoms with Crippen molar-refractivity contribution in [3.63, 3.8) is 0 Å². The van der Waals surface area contributed by atoms with E-state index in [1.165, 1.54) is 0 Å². The third-order valence-electron chi connectivity index (χ3n) is 2.06. The summed E-state index contributed by atoms with van der Waals surface area (Å²) in [6, 6.07) is 0. The van der Waals surface area contributed by atoms with Crippen LogP contribution in [0.2, 0.25) is 0 Å². The molecule has 1 atom stereocenters. The maximum Gasteiger partial charge on any atom is 0.234 e. The van der Waals surface area contributed by atoms with Crippen molar-refractivity contribution in [3.8, 4) is 0 Å². The number of carbonyl (C=O) groups excluding carboxylic acids is 1. The van der Waals surface area contributed by atoms with Crippen molar-refractivity contribution in [2.75, 3.05) is 13.1 Å². The second kappa shape index (κ2) is 6.08. The van der Waals surface area contributed by atoms with Gasteiger partial charge in [0.1, 0.15) is 0 Å². The summed E-state index contributed by atoms with van der Waals surface area (Å²) in [6.07, 6.45) is -0.469. The van der Waals surface area contributed by atoms with Gasteiger partial charge in [-0.3, -0.25) is 4.79 Å². The zero-order valence-corrected chi connectivity index (χ0v) is 10.4. The molecule has 0 rings (SSSR count). The molecule has 1 amide bonds. The van der Waals surface area contributed by atoms with Crippen LogP contribution in [0.1, 0.15) is 34.6 Å². The molecule has 0 bridgehead atoms. The summed E-state index contributed by atoms with van der Waals surface area (Å²) in [7, 11) is 0. The van der Waals surface area contributed by atoms with E-state index >= 15 is 0 Å². The lowest BCUT2D eigenvalue weighted by Crippen LogP contribution is -2.45. The normalized spacial score (nSPS) is 14.1. The van der Waals surface area contributed by atoms with Gasteiger partial charge in [-0.15, -0.1) is 0 Å². The van der Waals surface area contributed by atoms with Crippen LogP contribution in [0.25, 0.3) is 0 Å². The van der Waals surface area contributed by atoms with Crippen LogP contribution in [0, 0.1) is 5.92 Å². The second-order valence-corrected chi connectivity index (χ2v) is 5.22. The van der Waals surface area contributed by atoms with E-state index < -0.39 is 6.10 Å². The molecule has 0 saturated carbocycles. The molecule has 4 heteroatoms. The number of hydrogen-bond donors (Lipinski definition) is 3. The Balaban J connectivity index is 3.67. The molecule has 0 aromatic rings. The van der Waals surface area contributed by atoms with Gasteiger partial charge in [0.15, 0.2) is 0 Å². The number of amides is 1. The van der Waals surface area contributed by atoms with E-state index in [2.05, 4.69) is 10.6 Å². The van der Waals surface area contributed by atoms with E-state index in [4.69, 9.17) is 0 Å². The first-order valence-corrected chi connectivity index (χ1v) is 5.42. The molecule has 0 heterocycles. The molecule has 1 unspecified atom stereocenters. The van der Waals surface area contributed by atoms with Crippen LogP contribution in [0.15, 0.2) is 0 Å². The molecule has 4 nitrogen and oxygen atoms in total. The lowest BCUT2D eigenvalue weighted by molar-refractivity contribution is -0.121. The monoisotopic (exact) mass is 216 g/mol. The van der Waals surface area contributed by atoms with Gasteiger partial charge in [-0.25, -0.2) is 0 Å². The van der Waals surface area contributed by atoms with Gasteiger partial charge in [0.2, 0.25) is 5.91 Å². The third-order valence-corrected chi connectivity index (χ3v) is 2.06. The summed E-state index contributed by atoms with van der Waals surface area (Å²) in [6.45, 7) is 10.5. The summed E-state index contributed by atoms with van der Waals surface area (Å²) in [5.41, 5.74) is -0.0615. The van der Waals surface area contributed by atoms with E-state index in [1.807, 2.05) is 34.6 Å². The van der Waals surface area contributed by atoms with Crippen LogP contribution < -0.4 is 10.6 Å². The van der Waals surface area contributed by atoms with Crippen molar-refractivity contribution < 1.29 is 9.90 Å². The predicted octanol–water partition coefficient (Wildman–Crippen LogP) is 0.508. The summed E-state index contributed by atoms with van der Waals surface area (Å²) < 4.78 is 0. The quantitative estimate of drug-likeness (QED) is 0.627. The Morgan fingerprint density at radius 1 is 1.33 bits per heavy atom. The minimum Gasteiger partial charge on any atom is -0.391 e. The summed E-state index contributed by atoms with van der Waals surface area (Å²) >= 11 is 0. The molecule has 15 heavy (non-hydrogen) atoms. The Hall–Kier alpha value is -0.610. The highest BCUT2D eigenvalue weighted by atomic mass is 16.3. The van der Waals surface area contributed by atoms with Crippen LogP contribution in [0.3, 0.4) is 0 Å². The molecule has 0 radical (unpaired) electrons. The molecule has 90 valence electrons. The summed E-state index contributed by atoms with van der Waals surface area (Å²) in [5, 5.41) is 15.2. The molecule has 0 spiro atoms.